The van der Waals surface area contributed by atoms with Crippen molar-refractivity contribution in [2.75, 3.05) is 33.9 Å². The van der Waals surface area contributed by atoms with Crippen molar-refractivity contribution < 1.29 is 14.4 Å². The van der Waals surface area contributed by atoms with Crippen LogP contribution in [-0.2, 0) is 20.8 Å². The Morgan fingerprint density at radius 2 is 2.17 bits per heavy atom. The molecule has 0 fully saturated rings. The molecular weight excluding hydrogens is 429 g/mol. The van der Waals surface area contributed by atoms with E-state index in [0.29, 0.717) is 41.9 Å². The van der Waals surface area contributed by atoms with E-state index < -0.39 is 0 Å². The van der Waals surface area contributed by atoms with Crippen molar-refractivity contribution in [2.24, 2.45) is 0 Å². The summed E-state index contributed by atoms with van der Waals surface area (Å²) in [6.07, 6.45) is 2.86. The van der Waals surface area contributed by atoms with Crippen LogP contribution in [0.3, 0.4) is 0 Å². The molecule has 1 aromatic heterocycles. The quantitative estimate of drug-likeness (QED) is 0.479. The summed E-state index contributed by atoms with van der Waals surface area (Å²) >= 11 is 3.32. The second-order valence-corrected chi connectivity index (χ2v) is 6.79. The van der Waals surface area contributed by atoms with Gasteiger partial charge in [-0.25, -0.2) is 4.98 Å². The Bertz CT molecular complexity index is 597. The summed E-state index contributed by atoms with van der Waals surface area (Å²) in [6, 6.07) is 3.84. The number of aryl methyl sites for hydroxylation is 1. The van der Waals surface area contributed by atoms with Gasteiger partial charge >= 0.3 is 0 Å². The molecule has 0 spiro atoms. The third-order valence-corrected chi connectivity index (χ3v) is 5.18. The van der Waals surface area contributed by atoms with Gasteiger partial charge in [0.05, 0.1) is 15.9 Å². The summed E-state index contributed by atoms with van der Waals surface area (Å²) in [5, 5.41) is 2.78. The van der Waals surface area contributed by atoms with E-state index in [-0.39, 0.29) is 23.4 Å². The molecule has 1 aliphatic rings. The van der Waals surface area contributed by atoms with E-state index >= 15 is 0 Å². The third kappa shape index (κ3) is 5.45. The number of aromatic nitrogens is 1. The Hall–Kier alpha value is -1.16. The van der Waals surface area contributed by atoms with Crippen molar-refractivity contribution in [3.8, 4) is 0 Å². The molecule has 1 aromatic rings. The number of thioether (sulfide) groups is 1. The minimum Gasteiger partial charge on any atom is -0.354 e. The maximum Gasteiger partial charge on any atom is 0.230 e. The van der Waals surface area contributed by atoms with Crippen molar-refractivity contribution in [3.63, 3.8) is 0 Å². The number of Topliss-reactive ketones (excluding diaryl/α,β-unsaturated/α-hetero) is 1. The maximum atomic E-state index is 12.0. The highest BCUT2D eigenvalue weighted by Crippen LogP contribution is 2.24. The van der Waals surface area contributed by atoms with Crippen LogP contribution >= 0.6 is 34.4 Å². The molecule has 23 heavy (non-hydrogen) atoms. The molecule has 2 amide bonds. The summed E-state index contributed by atoms with van der Waals surface area (Å²) in [4.78, 5) is 40.8. The van der Waals surface area contributed by atoms with Gasteiger partial charge in [-0.15, -0.1) is 11.8 Å². The van der Waals surface area contributed by atoms with Crippen LogP contribution in [-0.4, -0.2) is 51.6 Å². The lowest BCUT2D eigenvalue weighted by Crippen LogP contribution is -2.42. The van der Waals surface area contributed by atoms with Crippen molar-refractivity contribution >= 4 is 57.8 Å². The number of fused-ring (bicyclic) bond motifs is 1. The van der Waals surface area contributed by atoms with Gasteiger partial charge in [-0.1, -0.05) is 28.7 Å². The van der Waals surface area contributed by atoms with E-state index in [2.05, 4.69) is 10.3 Å². The van der Waals surface area contributed by atoms with Gasteiger partial charge in [-0.2, -0.15) is 0 Å². The molecule has 0 aromatic carbocycles. The van der Waals surface area contributed by atoms with Gasteiger partial charge in [0.15, 0.2) is 5.78 Å². The number of ketones is 1. The second-order valence-electron chi connectivity index (χ2n) is 5.05. The summed E-state index contributed by atoms with van der Waals surface area (Å²) in [5.74, 6) is 1.35. The number of rotatable bonds is 8. The van der Waals surface area contributed by atoms with Crippen LogP contribution in [0.1, 0.15) is 12.0 Å². The number of anilines is 1. The number of nitrogens with one attached hydrogen (secondary N) is 1. The first-order valence-corrected chi connectivity index (χ1v) is 9.96. The number of alkyl halides is 1. The minimum atomic E-state index is -0.123. The van der Waals surface area contributed by atoms with Crippen LogP contribution in [0.25, 0.3) is 0 Å². The average Bonchev–Trinajstić information content (AvgIpc) is 2.56. The largest absolute Gasteiger partial charge is 0.354 e. The molecule has 0 unspecified atom stereocenters. The van der Waals surface area contributed by atoms with Crippen LogP contribution in [0.2, 0.25) is 0 Å². The number of halogens is 1. The van der Waals surface area contributed by atoms with Crippen molar-refractivity contribution in [3.05, 3.63) is 23.9 Å². The molecule has 6 nitrogen and oxygen atoms in total. The Balaban J connectivity index is 1.77. The second kappa shape index (κ2) is 9.21. The molecule has 2 rings (SSSR count). The third-order valence-electron chi connectivity index (χ3n) is 3.34. The number of hydrogen-bond acceptors (Lipinski definition) is 5. The fourth-order valence-electron chi connectivity index (χ4n) is 2.25. The lowest BCUT2D eigenvalue weighted by molar-refractivity contribution is -0.120. The van der Waals surface area contributed by atoms with Crippen LogP contribution < -0.4 is 10.2 Å². The van der Waals surface area contributed by atoms with E-state index in [4.69, 9.17) is 0 Å². The lowest BCUT2D eigenvalue weighted by Gasteiger charge is -2.28. The number of pyridine rings is 1. The molecule has 2 heterocycles. The Labute approximate surface area is 152 Å². The first-order valence-electron chi connectivity index (χ1n) is 7.28. The summed E-state index contributed by atoms with van der Waals surface area (Å²) in [5.41, 5.74) is 1.06. The van der Waals surface area contributed by atoms with Crippen molar-refractivity contribution in [1.82, 2.24) is 10.3 Å². The summed E-state index contributed by atoms with van der Waals surface area (Å²) < 4.78 is 0.468. The van der Waals surface area contributed by atoms with Gasteiger partial charge in [0.2, 0.25) is 11.8 Å². The van der Waals surface area contributed by atoms with E-state index in [1.807, 2.05) is 34.7 Å². The van der Waals surface area contributed by atoms with E-state index in [9.17, 15) is 14.4 Å². The van der Waals surface area contributed by atoms with E-state index in [1.165, 1.54) is 11.8 Å². The minimum absolute atomic E-state index is 0.0347. The molecule has 8 heteroatoms. The van der Waals surface area contributed by atoms with E-state index in [0.717, 1.165) is 5.56 Å². The van der Waals surface area contributed by atoms with Crippen molar-refractivity contribution in [1.29, 1.82) is 0 Å². The smallest absolute Gasteiger partial charge is 0.230 e. The molecule has 0 radical (unpaired) electrons. The molecule has 0 bridgehead atoms. The zero-order chi connectivity index (χ0) is 16.7. The number of carbonyl (C=O) groups is 3. The Morgan fingerprint density at radius 1 is 1.35 bits per heavy atom. The predicted molar refractivity (Wildman–Crippen MR) is 99.1 cm³/mol. The first kappa shape index (κ1) is 18.2. The number of carbonyl (C=O) groups excluding carboxylic acids is 3. The number of hydrogen-bond donors (Lipinski definition) is 1. The van der Waals surface area contributed by atoms with Gasteiger partial charge in [-0.3, -0.25) is 19.3 Å². The SMILES string of the molecule is O=C(CI)CSCC(=O)NCCN1C(=O)CCc2cccnc21. The van der Waals surface area contributed by atoms with Gasteiger partial charge in [0.25, 0.3) is 0 Å². The Kier molecular flexibility index (Phi) is 7.28. The molecule has 0 atom stereocenters. The van der Waals surface area contributed by atoms with Crippen molar-refractivity contribution in [2.45, 2.75) is 12.8 Å². The van der Waals surface area contributed by atoms with Gasteiger partial charge in [0, 0.05) is 25.7 Å². The van der Waals surface area contributed by atoms with Gasteiger partial charge < -0.3 is 5.32 Å². The molecule has 1 N–H and O–H groups in total. The Morgan fingerprint density at radius 3 is 2.96 bits per heavy atom. The number of amides is 2. The van der Waals surface area contributed by atoms with Gasteiger partial charge in [-0.05, 0) is 18.1 Å². The average molecular weight is 447 g/mol. The predicted octanol–water partition coefficient (Wildman–Crippen LogP) is 1.21. The summed E-state index contributed by atoms with van der Waals surface area (Å²) in [7, 11) is 0. The lowest BCUT2D eigenvalue weighted by atomic mass is 10.1. The fourth-order valence-corrected chi connectivity index (χ4v) is 3.60. The zero-order valence-electron chi connectivity index (χ0n) is 12.6. The molecule has 124 valence electrons. The zero-order valence-corrected chi connectivity index (χ0v) is 15.6. The molecule has 1 aliphatic heterocycles. The maximum absolute atomic E-state index is 12.0. The highest BCUT2D eigenvalue weighted by molar-refractivity contribution is 14.1. The molecular formula is C15H18IN3O3S. The fraction of sp³-hybridized carbons (Fsp3) is 0.467. The molecule has 0 saturated carbocycles. The molecule has 0 aliphatic carbocycles. The topological polar surface area (TPSA) is 79.4 Å². The van der Waals surface area contributed by atoms with Crippen LogP contribution in [0.4, 0.5) is 5.82 Å². The standard InChI is InChI=1S/C15H18IN3O3S/c16-8-12(20)9-23-10-13(21)17-6-7-19-14(22)4-3-11-2-1-5-18-15(11)19/h1-2,5H,3-4,6-10H2,(H,17,21). The van der Waals surface area contributed by atoms with Crippen LogP contribution in [0, 0.1) is 0 Å². The highest BCUT2D eigenvalue weighted by atomic mass is 127. The van der Waals surface area contributed by atoms with E-state index in [1.54, 1.807) is 11.1 Å². The van der Waals surface area contributed by atoms with Crippen LogP contribution in [0.15, 0.2) is 18.3 Å². The van der Waals surface area contributed by atoms with Crippen LogP contribution in [0.5, 0.6) is 0 Å². The highest BCUT2D eigenvalue weighted by Gasteiger charge is 2.24. The first-order chi connectivity index (χ1) is 11.1. The summed E-state index contributed by atoms with van der Waals surface area (Å²) in [6.45, 7) is 0.785. The normalized spacial score (nSPS) is 13.6. The monoisotopic (exact) mass is 447 g/mol. The molecule has 0 saturated heterocycles. The van der Waals surface area contributed by atoms with Gasteiger partial charge in [0.1, 0.15) is 5.82 Å². The number of nitrogens with zero attached hydrogens (tertiary/aromatic N) is 2.